The fourth-order valence-corrected chi connectivity index (χ4v) is 5.40. The van der Waals surface area contributed by atoms with E-state index < -0.39 is 43.8 Å². The van der Waals surface area contributed by atoms with Gasteiger partial charge >= 0.3 is 6.03 Å². The molecule has 1 aliphatic rings. The Bertz CT molecular complexity index is 1180. The molecule has 8 nitrogen and oxygen atoms in total. The Balaban J connectivity index is 0.000000585. The van der Waals surface area contributed by atoms with Crippen molar-refractivity contribution in [1.82, 2.24) is 15.2 Å². The summed E-state index contributed by atoms with van der Waals surface area (Å²) >= 11 is 0. The van der Waals surface area contributed by atoms with Crippen LogP contribution < -0.4 is 20.6 Å². The summed E-state index contributed by atoms with van der Waals surface area (Å²) in [4.78, 5) is 30.7. The fourth-order valence-electron chi connectivity index (χ4n) is 3.82. The first kappa shape index (κ1) is 28.7. The van der Waals surface area contributed by atoms with E-state index in [1.807, 2.05) is 37.8 Å². The van der Waals surface area contributed by atoms with Crippen LogP contribution in [-0.2, 0) is 4.79 Å². The Morgan fingerprint density at radius 2 is 1.63 bits per heavy atom. The molecule has 1 saturated heterocycles. The second kappa shape index (κ2) is 12.6. The number of β-amino-alcohol motifs (C(OH)–C–C–N with tert-alkyl or cyclic N) is 1. The number of hydrogen-bond donors (Lipinski definition) is 3. The van der Waals surface area contributed by atoms with Gasteiger partial charge < -0.3 is 25.4 Å². The summed E-state index contributed by atoms with van der Waals surface area (Å²) < 4.78 is 34.3. The zero-order valence-electron chi connectivity index (χ0n) is 21.7. The monoisotopic (exact) mass is 542 g/mol. The first-order chi connectivity index (χ1) is 18.0. The summed E-state index contributed by atoms with van der Waals surface area (Å²) in [5.74, 6) is -1.52. The van der Waals surface area contributed by atoms with Crippen molar-refractivity contribution in [3.05, 3.63) is 84.2 Å². The van der Waals surface area contributed by atoms with E-state index in [1.165, 1.54) is 12.0 Å². The smallest absolute Gasteiger partial charge is 0.318 e. The van der Waals surface area contributed by atoms with Crippen LogP contribution in [0.15, 0.2) is 67.0 Å². The van der Waals surface area contributed by atoms with Gasteiger partial charge in [0.1, 0.15) is 23.4 Å². The van der Waals surface area contributed by atoms with Crippen molar-refractivity contribution < 1.29 is 28.2 Å². The highest BCUT2D eigenvalue weighted by Crippen LogP contribution is 2.22. The van der Waals surface area contributed by atoms with E-state index in [-0.39, 0.29) is 24.0 Å². The molecule has 1 aromatic heterocycles. The van der Waals surface area contributed by atoms with E-state index in [2.05, 4.69) is 15.6 Å². The molecule has 1 unspecified atom stereocenters. The molecular weight excluding hydrogens is 510 g/mol. The highest BCUT2D eigenvalue weighted by molar-refractivity contribution is 6.88. The minimum Gasteiger partial charge on any atom is -0.497 e. The summed E-state index contributed by atoms with van der Waals surface area (Å²) in [6.07, 6.45) is 2.91. The Morgan fingerprint density at radius 3 is 2.05 bits per heavy atom. The number of aliphatic hydroxyl groups is 1. The van der Waals surface area contributed by atoms with Gasteiger partial charge in [-0.2, -0.15) is 0 Å². The van der Waals surface area contributed by atoms with Crippen molar-refractivity contribution >= 4 is 30.9 Å². The van der Waals surface area contributed by atoms with E-state index in [0.29, 0.717) is 11.3 Å². The molecule has 0 radical (unpaired) electrons. The van der Waals surface area contributed by atoms with Gasteiger partial charge in [-0.3, -0.25) is 9.78 Å². The molecule has 3 N–H and O–H groups in total. The lowest BCUT2D eigenvalue weighted by atomic mass is 10.1. The number of rotatable bonds is 6. The average Bonchev–Trinajstić information content (AvgIpc) is 2.85. The molecule has 1 fully saturated rings. The van der Waals surface area contributed by atoms with Crippen molar-refractivity contribution in [2.75, 3.05) is 25.5 Å². The molecule has 0 bridgehead atoms. The zero-order chi connectivity index (χ0) is 27.9. The third-order valence-corrected chi connectivity index (χ3v) is 7.73. The summed E-state index contributed by atoms with van der Waals surface area (Å²) in [6, 6.07) is 12.7. The summed E-state index contributed by atoms with van der Waals surface area (Å²) in [6.45, 7) is 5.81. The number of benzene rings is 2. The molecular formula is C27H32F2N4O4Si. The van der Waals surface area contributed by atoms with Gasteiger partial charge in [0.2, 0.25) is 0 Å². The first-order valence-corrected chi connectivity index (χ1v) is 15.5. The number of anilines is 1. The Kier molecular flexibility index (Phi) is 9.54. The van der Waals surface area contributed by atoms with Crippen LogP contribution in [0.2, 0.25) is 19.6 Å². The summed E-state index contributed by atoms with van der Waals surface area (Å²) in [5.41, 5.74) is 0.413. The molecule has 202 valence electrons. The number of nitrogens with one attached hydrogen (secondary N) is 2. The van der Waals surface area contributed by atoms with Gasteiger partial charge in [0.15, 0.2) is 0 Å². The largest absolute Gasteiger partial charge is 0.497 e. The molecule has 2 aromatic carbocycles. The highest BCUT2D eigenvalue weighted by Gasteiger charge is 2.32. The van der Waals surface area contributed by atoms with Gasteiger partial charge in [-0.1, -0.05) is 37.8 Å². The van der Waals surface area contributed by atoms with Crippen molar-refractivity contribution in [2.45, 2.75) is 31.8 Å². The van der Waals surface area contributed by atoms with Gasteiger partial charge in [0.05, 0.1) is 34.4 Å². The zero-order valence-corrected chi connectivity index (χ0v) is 22.7. The maximum absolute atomic E-state index is 14.6. The molecule has 0 aliphatic carbocycles. The number of aliphatic hydroxyl groups excluding tert-OH is 1. The maximum atomic E-state index is 14.6. The Labute approximate surface area is 221 Å². The lowest BCUT2D eigenvalue weighted by Crippen LogP contribution is -2.57. The number of carbonyl (C=O) groups is 2. The second-order valence-electron chi connectivity index (χ2n) is 9.79. The van der Waals surface area contributed by atoms with Crippen LogP contribution in [0.1, 0.15) is 11.6 Å². The number of nitrogens with zero attached hydrogens (tertiary/aromatic N) is 2. The fraction of sp³-hybridized carbons (Fsp3) is 0.296. The van der Waals surface area contributed by atoms with Crippen molar-refractivity contribution in [3.8, 4) is 5.75 Å². The molecule has 3 aromatic rings. The third-order valence-electron chi connectivity index (χ3n) is 5.75. The number of aromatic nitrogens is 1. The number of urea groups is 1. The molecule has 11 heteroatoms. The highest BCUT2D eigenvalue weighted by atomic mass is 28.3. The van der Waals surface area contributed by atoms with Crippen LogP contribution in [0, 0.1) is 11.6 Å². The quantitative estimate of drug-likeness (QED) is 0.413. The van der Waals surface area contributed by atoms with Crippen LogP contribution in [-0.4, -0.2) is 61.3 Å². The summed E-state index contributed by atoms with van der Waals surface area (Å²) in [5, 5.41) is 14.6. The number of amides is 3. The number of likely N-dealkylation sites (tertiary alicyclic amines) is 1. The first-order valence-electron chi connectivity index (χ1n) is 12.0. The molecule has 2 heterocycles. The molecule has 3 amide bonds. The lowest BCUT2D eigenvalue weighted by molar-refractivity contribution is -0.118. The molecule has 1 aliphatic heterocycles. The van der Waals surface area contributed by atoms with E-state index in [4.69, 9.17) is 4.74 Å². The number of carbonyl (C=O) groups excluding carboxylic acids is 2. The van der Waals surface area contributed by atoms with E-state index in [1.54, 1.807) is 36.7 Å². The topological polar surface area (TPSA) is 104 Å². The van der Waals surface area contributed by atoms with Crippen LogP contribution in [0.5, 0.6) is 5.75 Å². The van der Waals surface area contributed by atoms with Crippen LogP contribution in [0.4, 0.5) is 19.3 Å². The molecule has 1 atom stereocenters. The molecule has 4 rings (SSSR count). The van der Waals surface area contributed by atoms with Crippen molar-refractivity contribution in [2.24, 2.45) is 0 Å². The van der Waals surface area contributed by atoms with Crippen molar-refractivity contribution in [3.63, 3.8) is 0 Å². The number of ether oxygens (including phenoxy) is 1. The Hall–Kier alpha value is -3.83. The summed E-state index contributed by atoms with van der Waals surface area (Å²) in [7, 11) is -0.761. The second-order valence-corrected chi connectivity index (χ2v) is 14.8. The van der Waals surface area contributed by atoms with Crippen LogP contribution >= 0.6 is 0 Å². The number of halogens is 2. The Morgan fingerprint density at radius 1 is 1.05 bits per heavy atom. The van der Waals surface area contributed by atoms with E-state index >= 15 is 0 Å². The van der Waals surface area contributed by atoms with Crippen LogP contribution in [0.3, 0.4) is 0 Å². The van der Waals surface area contributed by atoms with Gasteiger partial charge in [-0.15, -0.1) is 0 Å². The van der Waals surface area contributed by atoms with Gasteiger partial charge in [-0.05, 0) is 42.0 Å². The number of hydrogen-bond acceptors (Lipinski definition) is 5. The normalized spacial score (nSPS) is 13.9. The predicted octanol–water partition coefficient (Wildman–Crippen LogP) is 3.67. The third kappa shape index (κ3) is 7.59. The van der Waals surface area contributed by atoms with E-state index in [0.717, 1.165) is 12.1 Å². The molecule has 38 heavy (non-hydrogen) atoms. The minimum absolute atomic E-state index is 0.0425. The number of methoxy groups -OCH3 is 1. The van der Waals surface area contributed by atoms with E-state index in [9.17, 15) is 23.5 Å². The molecule has 0 spiro atoms. The van der Waals surface area contributed by atoms with Gasteiger partial charge in [0, 0.05) is 23.3 Å². The van der Waals surface area contributed by atoms with Crippen LogP contribution in [0.25, 0.3) is 0 Å². The molecule has 0 saturated carbocycles. The van der Waals surface area contributed by atoms with Crippen molar-refractivity contribution in [1.29, 1.82) is 0 Å². The lowest BCUT2D eigenvalue weighted by Gasteiger charge is -2.36. The standard InChI is InChI=1S/C22H27F2N3O4Si.C5H5N/c1-31-16-7-5-13(6-8-16)19(26-22(30)27-11-15(28)12-27)21(29)25-14-9-17(23)20(18(24)10-14)32(2,3)4;1-2-4-6-5-3-1/h5-10,15,19,28H,11-12H2,1-4H3,(H,25,29)(H,26,30);1-5H. The van der Waals surface area contributed by atoms with Gasteiger partial charge in [0.25, 0.3) is 5.91 Å². The minimum atomic E-state index is -2.26. The number of pyridine rings is 1. The van der Waals surface area contributed by atoms with Gasteiger partial charge in [-0.25, -0.2) is 13.6 Å². The SMILES string of the molecule is COc1ccc(C(NC(=O)N2CC(O)C2)C(=O)Nc2cc(F)c([Si](C)(C)C)c(F)c2)cc1.c1ccncc1. The average molecular weight is 543 g/mol. The predicted molar refractivity (Wildman–Crippen MR) is 144 cm³/mol. The maximum Gasteiger partial charge on any atom is 0.318 e.